The second-order valence-corrected chi connectivity index (χ2v) is 7.00. The molecule has 1 N–H and O–H groups in total. The maximum absolute atomic E-state index is 12.6. The molecule has 0 spiro atoms. The van der Waals surface area contributed by atoms with Crippen LogP contribution < -0.4 is 15.6 Å². The van der Waals surface area contributed by atoms with Crippen molar-refractivity contribution in [1.82, 2.24) is 14.8 Å². The first kappa shape index (κ1) is 17.2. The molecule has 8 heteroatoms. The molecule has 0 aliphatic carbocycles. The van der Waals surface area contributed by atoms with E-state index in [1.165, 1.54) is 16.0 Å². The number of para-hydroxylation sites is 1. The molecule has 0 atom stereocenters. The summed E-state index contributed by atoms with van der Waals surface area (Å²) in [6, 6.07) is 12.8. The minimum atomic E-state index is -0.364. The minimum Gasteiger partial charge on any atom is -0.494 e. The van der Waals surface area contributed by atoms with Crippen molar-refractivity contribution in [1.29, 1.82) is 0 Å². The number of carbonyl (C=O) groups excluding carboxylic acids is 1. The molecule has 0 unspecified atom stereocenters. The van der Waals surface area contributed by atoms with Crippen molar-refractivity contribution in [3.05, 3.63) is 58.5 Å². The predicted molar refractivity (Wildman–Crippen MR) is 106 cm³/mol. The van der Waals surface area contributed by atoms with Gasteiger partial charge in [-0.05, 0) is 25.1 Å². The number of aryl methyl sites for hydroxylation is 1. The second-order valence-electron chi connectivity index (χ2n) is 5.97. The molecule has 0 saturated heterocycles. The van der Waals surface area contributed by atoms with Crippen molar-refractivity contribution >= 4 is 43.4 Å². The first-order valence-corrected chi connectivity index (χ1v) is 9.08. The van der Waals surface area contributed by atoms with Crippen LogP contribution in [0.1, 0.15) is 5.69 Å². The van der Waals surface area contributed by atoms with Crippen LogP contribution in [0.5, 0.6) is 5.75 Å². The number of fused-ring (bicyclic) bond motifs is 2. The Labute approximate surface area is 158 Å². The molecule has 4 aromatic rings. The molecule has 27 heavy (non-hydrogen) atoms. The van der Waals surface area contributed by atoms with Crippen LogP contribution >= 0.6 is 11.3 Å². The molecule has 2 aromatic heterocycles. The molecule has 2 heterocycles. The van der Waals surface area contributed by atoms with E-state index in [9.17, 15) is 9.59 Å². The van der Waals surface area contributed by atoms with Crippen molar-refractivity contribution in [3.8, 4) is 5.75 Å². The summed E-state index contributed by atoms with van der Waals surface area (Å²) in [4.78, 5) is 29.4. The zero-order chi connectivity index (χ0) is 19.0. The van der Waals surface area contributed by atoms with Crippen molar-refractivity contribution in [2.24, 2.45) is 0 Å². The number of amides is 1. The molecular weight excluding hydrogens is 364 g/mol. The van der Waals surface area contributed by atoms with Gasteiger partial charge in [-0.15, -0.1) is 0 Å². The second kappa shape index (κ2) is 6.81. The van der Waals surface area contributed by atoms with Gasteiger partial charge in [-0.2, -0.15) is 5.10 Å². The van der Waals surface area contributed by atoms with Crippen LogP contribution in [0.3, 0.4) is 0 Å². The van der Waals surface area contributed by atoms with E-state index in [1.54, 1.807) is 19.2 Å². The van der Waals surface area contributed by atoms with Gasteiger partial charge in [0.25, 0.3) is 5.56 Å². The van der Waals surface area contributed by atoms with Crippen molar-refractivity contribution < 1.29 is 9.53 Å². The molecule has 0 fully saturated rings. The highest BCUT2D eigenvalue weighted by Crippen LogP contribution is 2.32. The number of nitrogens with one attached hydrogen (secondary N) is 1. The zero-order valence-corrected chi connectivity index (χ0v) is 15.5. The number of ether oxygens (including phenoxy) is 1. The van der Waals surface area contributed by atoms with E-state index in [0.717, 1.165) is 10.1 Å². The molecule has 0 saturated carbocycles. The van der Waals surface area contributed by atoms with Gasteiger partial charge in [-0.1, -0.05) is 35.6 Å². The summed E-state index contributed by atoms with van der Waals surface area (Å²) in [6.45, 7) is 1.63. The number of carbonyl (C=O) groups is 1. The highest BCUT2D eigenvalue weighted by Gasteiger charge is 2.14. The summed E-state index contributed by atoms with van der Waals surface area (Å²) < 4.78 is 7.37. The van der Waals surface area contributed by atoms with Gasteiger partial charge >= 0.3 is 0 Å². The first-order valence-electron chi connectivity index (χ1n) is 8.26. The molecule has 4 rings (SSSR count). The third kappa shape index (κ3) is 3.15. The lowest BCUT2D eigenvalue weighted by Gasteiger charge is -2.08. The summed E-state index contributed by atoms with van der Waals surface area (Å²) in [6.07, 6.45) is 0. The third-order valence-electron chi connectivity index (χ3n) is 4.19. The first-order chi connectivity index (χ1) is 13.1. The van der Waals surface area contributed by atoms with Gasteiger partial charge < -0.3 is 10.1 Å². The number of rotatable bonds is 4. The Morgan fingerprint density at radius 2 is 1.96 bits per heavy atom. The van der Waals surface area contributed by atoms with Gasteiger partial charge in [0, 0.05) is 5.39 Å². The van der Waals surface area contributed by atoms with E-state index in [-0.39, 0.29) is 18.0 Å². The average molecular weight is 380 g/mol. The monoisotopic (exact) mass is 380 g/mol. The maximum Gasteiger partial charge on any atom is 0.275 e. The number of methoxy groups -OCH3 is 1. The summed E-state index contributed by atoms with van der Waals surface area (Å²) in [5.74, 6) is 0.282. The molecule has 136 valence electrons. The van der Waals surface area contributed by atoms with Crippen LogP contribution in [0.2, 0.25) is 0 Å². The van der Waals surface area contributed by atoms with Crippen LogP contribution in [0.15, 0.2) is 47.3 Å². The fourth-order valence-electron chi connectivity index (χ4n) is 2.95. The lowest BCUT2D eigenvalue weighted by molar-refractivity contribution is -0.117. The number of benzene rings is 2. The van der Waals surface area contributed by atoms with E-state index >= 15 is 0 Å². The number of nitrogens with zero attached hydrogens (tertiary/aromatic N) is 3. The Bertz CT molecular complexity index is 1230. The number of hydrogen-bond donors (Lipinski definition) is 1. The molecule has 0 aliphatic rings. The highest BCUT2D eigenvalue weighted by molar-refractivity contribution is 7.22. The maximum atomic E-state index is 12.6. The van der Waals surface area contributed by atoms with Gasteiger partial charge in [-0.25, -0.2) is 9.67 Å². The smallest absolute Gasteiger partial charge is 0.275 e. The van der Waals surface area contributed by atoms with Crippen LogP contribution in [0.4, 0.5) is 5.13 Å². The topological polar surface area (TPSA) is 86.1 Å². The van der Waals surface area contributed by atoms with Crippen molar-refractivity contribution in [2.75, 3.05) is 12.4 Å². The van der Waals surface area contributed by atoms with Gasteiger partial charge in [0.15, 0.2) is 5.13 Å². The summed E-state index contributed by atoms with van der Waals surface area (Å²) in [5.41, 5.74) is 1.09. The third-order valence-corrected chi connectivity index (χ3v) is 5.13. The number of anilines is 1. The largest absolute Gasteiger partial charge is 0.494 e. The van der Waals surface area contributed by atoms with E-state index in [2.05, 4.69) is 15.4 Å². The Morgan fingerprint density at radius 3 is 2.74 bits per heavy atom. The van der Waals surface area contributed by atoms with E-state index in [1.807, 2.05) is 37.3 Å². The zero-order valence-electron chi connectivity index (χ0n) is 14.7. The van der Waals surface area contributed by atoms with Crippen LogP contribution in [0, 0.1) is 6.92 Å². The molecule has 0 bridgehead atoms. The van der Waals surface area contributed by atoms with Gasteiger partial charge in [0.1, 0.15) is 17.8 Å². The Hall–Kier alpha value is -3.26. The van der Waals surface area contributed by atoms with E-state index in [4.69, 9.17) is 4.74 Å². The molecule has 0 aliphatic heterocycles. The fraction of sp³-hybridized carbons (Fsp3) is 0.158. The Morgan fingerprint density at radius 1 is 1.19 bits per heavy atom. The van der Waals surface area contributed by atoms with Gasteiger partial charge in [0.2, 0.25) is 5.91 Å². The quantitative estimate of drug-likeness (QED) is 0.588. The van der Waals surface area contributed by atoms with Crippen molar-refractivity contribution in [2.45, 2.75) is 13.5 Å². The highest BCUT2D eigenvalue weighted by atomic mass is 32.1. The Balaban J connectivity index is 1.61. The lowest BCUT2D eigenvalue weighted by Crippen LogP contribution is -2.30. The lowest BCUT2D eigenvalue weighted by atomic mass is 10.1. The van der Waals surface area contributed by atoms with Crippen LogP contribution in [-0.2, 0) is 11.3 Å². The SMILES string of the molecule is COc1cccc2sc(NC(=O)Cn3nc(C)c4ccccc4c3=O)nc12. The summed E-state index contributed by atoms with van der Waals surface area (Å²) in [5, 5.41) is 8.78. The van der Waals surface area contributed by atoms with Gasteiger partial charge in [0.05, 0.1) is 22.9 Å². The summed E-state index contributed by atoms with van der Waals surface area (Å²) in [7, 11) is 1.58. The number of hydrogen-bond acceptors (Lipinski definition) is 6. The van der Waals surface area contributed by atoms with E-state index < -0.39 is 0 Å². The fourth-order valence-corrected chi connectivity index (χ4v) is 3.85. The van der Waals surface area contributed by atoms with Crippen LogP contribution in [0.25, 0.3) is 21.0 Å². The normalized spacial score (nSPS) is 11.0. The summed E-state index contributed by atoms with van der Waals surface area (Å²) >= 11 is 1.34. The molecular formula is C19H16N4O3S. The Kier molecular flexibility index (Phi) is 4.33. The standard InChI is InChI=1S/C19H16N4O3S/c1-11-12-6-3-4-7-13(12)18(25)23(22-11)10-16(24)20-19-21-17-14(26-2)8-5-9-15(17)27-19/h3-9H,10H2,1-2H3,(H,20,21,24). The van der Waals surface area contributed by atoms with E-state index in [0.29, 0.717) is 27.5 Å². The molecule has 0 radical (unpaired) electrons. The predicted octanol–water partition coefficient (Wildman–Crippen LogP) is 2.96. The van der Waals surface area contributed by atoms with Crippen molar-refractivity contribution in [3.63, 3.8) is 0 Å². The van der Waals surface area contributed by atoms with Crippen LogP contribution in [-0.4, -0.2) is 27.8 Å². The number of aromatic nitrogens is 3. The number of thiazole rings is 1. The molecule has 1 amide bonds. The minimum absolute atomic E-state index is 0.183. The molecule has 7 nitrogen and oxygen atoms in total. The molecule has 2 aromatic carbocycles. The van der Waals surface area contributed by atoms with Gasteiger partial charge in [-0.3, -0.25) is 9.59 Å². The average Bonchev–Trinajstić information content (AvgIpc) is 3.08.